The third-order valence-corrected chi connectivity index (χ3v) is 2.75. The smallest absolute Gasteiger partial charge is 0.409 e. The number of hydrogen-bond acceptors (Lipinski definition) is 5. The number of carbonyl (C=O) groups excluding carboxylic acids is 1. The van der Waals surface area contributed by atoms with Crippen LogP contribution in [0.1, 0.15) is 19.0 Å². The molecule has 9 heteroatoms. The second-order valence-electron chi connectivity index (χ2n) is 3.89. The molecule has 0 radical (unpaired) electrons. The van der Waals surface area contributed by atoms with E-state index in [4.69, 9.17) is 5.11 Å². The fourth-order valence-corrected chi connectivity index (χ4v) is 1.85. The van der Waals surface area contributed by atoms with Crippen molar-refractivity contribution in [2.45, 2.75) is 19.0 Å². The van der Waals surface area contributed by atoms with E-state index in [2.05, 4.69) is 5.10 Å². The summed E-state index contributed by atoms with van der Waals surface area (Å²) in [4.78, 5) is 33.3. The maximum atomic E-state index is 11.4. The van der Waals surface area contributed by atoms with Crippen LogP contribution in [0.4, 0.5) is 10.5 Å². The second kappa shape index (κ2) is 4.43. The first-order valence-corrected chi connectivity index (χ1v) is 5.19. The summed E-state index contributed by atoms with van der Waals surface area (Å²) in [5.41, 5.74) is -0.238. The molecule has 0 bridgehead atoms. The van der Waals surface area contributed by atoms with Gasteiger partial charge in [-0.25, -0.2) is 9.48 Å². The van der Waals surface area contributed by atoms with E-state index in [9.17, 15) is 19.7 Å². The summed E-state index contributed by atoms with van der Waals surface area (Å²) in [6, 6.07) is 0. The first-order chi connectivity index (χ1) is 8.49. The van der Waals surface area contributed by atoms with Crippen LogP contribution >= 0.6 is 0 Å². The lowest BCUT2D eigenvalue weighted by Gasteiger charge is -2.32. The van der Waals surface area contributed by atoms with Crippen LogP contribution < -0.4 is 0 Å². The molecular formula is C9H10N4O5. The van der Waals surface area contributed by atoms with Gasteiger partial charge in [-0.05, 0) is 0 Å². The van der Waals surface area contributed by atoms with E-state index in [1.54, 1.807) is 0 Å². The highest BCUT2D eigenvalue weighted by Crippen LogP contribution is 2.25. The first-order valence-electron chi connectivity index (χ1n) is 5.19. The molecule has 0 aliphatic carbocycles. The summed E-state index contributed by atoms with van der Waals surface area (Å²) in [7, 11) is 0. The third kappa shape index (κ3) is 2.14. The molecule has 1 aliphatic rings. The monoisotopic (exact) mass is 254 g/mol. The van der Waals surface area contributed by atoms with E-state index in [-0.39, 0.29) is 30.9 Å². The average Bonchev–Trinajstić information content (AvgIpc) is 2.77. The van der Waals surface area contributed by atoms with Gasteiger partial charge in [-0.1, -0.05) is 0 Å². The molecule has 1 aromatic heterocycles. The predicted octanol–water partition coefficient (Wildman–Crippen LogP) is 0.633. The zero-order valence-electron chi connectivity index (χ0n) is 9.22. The number of likely N-dealkylation sites (tertiary alicyclic amines) is 1. The van der Waals surface area contributed by atoms with Gasteiger partial charge < -0.3 is 5.11 Å². The van der Waals surface area contributed by atoms with Crippen LogP contribution in [-0.4, -0.2) is 43.1 Å². The van der Waals surface area contributed by atoms with Crippen molar-refractivity contribution in [3.05, 3.63) is 22.5 Å². The van der Waals surface area contributed by atoms with Crippen molar-refractivity contribution in [3.8, 4) is 0 Å². The quantitative estimate of drug-likeness (QED) is 0.610. The van der Waals surface area contributed by atoms with Gasteiger partial charge in [-0.2, -0.15) is 5.10 Å². The Bertz CT molecular complexity index is 511. The van der Waals surface area contributed by atoms with Crippen molar-refractivity contribution in [3.63, 3.8) is 0 Å². The van der Waals surface area contributed by atoms with Crippen molar-refractivity contribution in [1.82, 2.24) is 14.7 Å². The van der Waals surface area contributed by atoms with Gasteiger partial charge in [0.1, 0.15) is 24.3 Å². The van der Waals surface area contributed by atoms with E-state index < -0.39 is 17.2 Å². The van der Waals surface area contributed by atoms with Gasteiger partial charge in [-0.3, -0.25) is 19.8 Å². The number of rotatable bonds is 2. The van der Waals surface area contributed by atoms with Crippen molar-refractivity contribution in [2.24, 2.45) is 0 Å². The van der Waals surface area contributed by atoms with E-state index in [0.717, 1.165) is 22.0 Å². The second-order valence-corrected chi connectivity index (χ2v) is 3.89. The van der Waals surface area contributed by atoms with Gasteiger partial charge in [0.15, 0.2) is 0 Å². The molecule has 1 unspecified atom stereocenters. The number of hydrogen-bond donors (Lipinski definition) is 1. The van der Waals surface area contributed by atoms with Crippen molar-refractivity contribution in [2.75, 3.05) is 6.54 Å². The Morgan fingerprint density at radius 1 is 1.61 bits per heavy atom. The van der Waals surface area contributed by atoms with Crippen LogP contribution in [0.25, 0.3) is 0 Å². The normalized spacial score (nSPS) is 19.9. The van der Waals surface area contributed by atoms with E-state index in [1.165, 1.54) is 0 Å². The molecule has 1 aliphatic heterocycles. The minimum Gasteiger partial charge on any atom is -0.465 e. The Kier molecular flexibility index (Phi) is 2.96. The van der Waals surface area contributed by atoms with Gasteiger partial charge in [0.2, 0.25) is 0 Å². The standard InChI is InChI=1S/C9H10N4O5/c14-7-1-2-11(9(15)16)8(3-7)12-5-6(4-10-12)13(17)18/h4-5,8H,1-3H2,(H,15,16). The van der Waals surface area contributed by atoms with Gasteiger partial charge in [-0.15, -0.1) is 0 Å². The molecule has 9 nitrogen and oxygen atoms in total. The Balaban J connectivity index is 2.28. The first kappa shape index (κ1) is 12.0. The van der Waals surface area contributed by atoms with Crippen molar-refractivity contribution in [1.29, 1.82) is 0 Å². The van der Waals surface area contributed by atoms with Gasteiger partial charge in [0, 0.05) is 19.4 Å². The minimum absolute atomic E-state index is 0.0227. The number of amides is 1. The Morgan fingerprint density at radius 3 is 2.89 bits per heavy atom. The lowest BCUT2D eigenvalue weighted by molar-refractivity contribution is -0.385. The third-order valence-electron chi connectivity index (χ3n) is 2.75. The van der Waals surface area contributed by atoms with Gasteiger partial charge in [0.25, 0.3) is 0 Å². The Labute approximate surface area is 101 Å². The van der Waals surface area contributed by atoms with Gasteiger partial charge >= 0.3 is 11.8 Å². The summed E-state index contributed by atoms with van der Waals surface area (Å²) < 4.78 is 1.14. The number of carbonyl (C=O) groups is 2. The maximum absolute atomic E-state index is 11.4. The lowest BCUT2D eigenvalue weighted by atomic mass is 10.1. The molecule has 1 atom stereocenters. The number of ketones is 1. The van der Waals surface area contributed by atoms with Crippen LogP contribution in [0.2, 0.25) is 0 Å². The topological polar surface area (TPSA) is 119 Å². The SMILES string of the molecule is O=C1CCN(C(=O)O)C(n2cc([N+](=O)[O-])cn2)C1. The Morgan fingerprint density at radius 2 is 2.33 bits per heavy atom. The van der Waals surface area contributed by atoms with E-state index >= 15 is 0 Å². The molecule has 1 N–H and O–H groups in total. The van der Waals surface area contributed by atoms with Crippen molar-refractivity contribution >= 4 is 17.6 Å². The predicted molar refractivity (Wildman–Crippen MR) is 56.9 cm³/mol. The van der Waals surface area contributed by atoms with E-state index in [1.807, 2.05) is 0 Å². The molecule has 1 amide bonds. The molecule has 18 heavy (non-hydrogen) atoms. The molecule has 1 fully saturated rings. The molecule has 2 rings (SSSR count). The zero-order chi connectivity index (χ0) is 13.3. The number of carboxylic acid groups (broad SMARTS) is 1. The van der Waals surface area contributed by atoms with E-state index in [0.29, 0.717) is 0 Å². The molecule has 0 saturated carbocycles. The molecular weight excluding hydrogens is 244 g/mol. The summed E-state index contributed by atoms with van der Waals surface area (Å²) in [5, 5.41) is 23.3. The average molecular weight is 254 g/mol. The summed E-state index contributed by atoms with van der Waals surface area (Å²) in [6.45, 7) is 0.0759. The highest BCUT2D eigenvalue weighted by atomic mass is 16.6. The largest absolute Gasteiger partial charge is 0.465 e. The highest BCUT2D eigenvalue weighted by Gasteiger charge is 2.32. The summed E-state index contributed by atoms with van der Waals surface area (Å²) in [6.07, 6.45) is 0.304. The number of Topliss-reactive ketones (excluding diaryl/α,β-unsaturated/α-hetero) is 1. The highest BCUT2D eigenvalue weighted by molar-refractivity contribution is 5.81. The summed E-state index contributed by atoms with van der Waals surface area (Å²) >= 11 is 0. The molecule has 2 heterocycles. The molecule has 0 aromatic carbocycles. The molecule has 1 aromatic rings. The van der Waals surface area contributed by atoms with Crippen LogP contribution in [0.5, 0.6) is 0 Å². The van der Waals surface area contributed by atoms with Crippen LogP contribution in [0, 0.1) is 10.1 Å². The molecule has 1 saturated heterocycles. The van der Waals surface area contributed by atoms with Crippen LogP contribution in [0.15, 0.2) is 12.4 Å². The molecule has 0 spiro atoms. The fourth-order valence-electron chi connectivity index (χ4n) is 1.85. The Hall–Kier alpha value is -2.45. The number of nitro groups is 1. The van der Waals surface area contributed by atoms with Crippen LogP contribution in [0.3, 0.4) is 0 Å². The fraction of sp³-hybridized carbons (Fsp3) is 0.444. The van der Waals surface area contributed by atoms with Gasteiger partial charge in [0.05, 0.1) is 4.92 Å². The molecule has 96 valence electrons. The minimum atomic E-state index is -1.18. The number of aromatic nitrogens is 2. The number of nitrogens with zero attached hydrogens (tertiary/aromatic N) is 4. The maximum Gasteiger partial charge on any atom is 0.409 e. The zero-order valence-corrected chi connectivity index (χ0v) is 9.22. The van der Waals surface area contributed by atoms with Crippen molar-refractivity contribution < 1.29 is 19.6 Å². The number of piperidine rings is 1. The summed E-state index contributed by atoms with van der Waals surface area (Å²) in [5.74, 6) is -0.0874. The lowest BCUT2D eigenvalue weighted by Crippen LogP contribution is -2.43. The van der Waals surface area contributed by atoms with Crippen LogP contribution in [-0.2, 0) is 4.79 Å².